The molecule has 0 saturated heterocycles. The lowest BCUT2D eigenvalue weighted by Gasteiger charge is -2.17. The number of aromatic nitrogens is 4. The van der Waals surface area contributed by atoms with Crippen LogP contribution in [0.25, 0.3) is 105 Å². The van der Waals surface area contributed by atoms with Gasteiger partial charge >= 0.3 is 0 Å². The van der Waals surface area contributed by atoms with Gasteiger partial charge in [0.25, 0.3) is 0 Å². The van der Waals surface area contributed by atoms with E-state index in [-0.39, 0.29) is 0 Å². The molecule has 0 fully saturated rings. The smallest absolute Gasteiger partial charge is 0.207 e. The topological polar surface area (TPSA) is 61.8 Å². The van der Waals surface area contributed by atoms with Crippen LogP contribution in [-0.4, -0.2) is 27.1 Å². The third kappa shape index (κ3) is 4.85. The van der Waals surface area contributed by atoms with E-state index in [0.717, 1.165) is 83.8 Å². The van der Waals surface area contributed by atoms with E-state index in [1.54, 1.807) is 18.2 Å². The van der Waals surface area contributed by atoms with E-state index in [0.29, 0.717) is 9.79 Å². The maximum absolute atomic E-state index is 13.4. The third-order valence-electron chi connectivity index (χ3n) is 12.6. The third-order valence-corrected chi connectivity index (χ3v) is 14.5. The molecule has 0 aliphatic carbocycles. The number of hydrogen-bond acceptors (Lipinski definition) is 3. The molecule has 0 unspecified atom stereocenters. The average molecular weight is 815 g/mol. The van der Waals surface area contributed by atoms with Crippen molar-refractivity contribution >= 4 is 64.5 Å². The molecule has 3 aromatic heterocycles. The molecule has 9 aromatic carbocycles. The first-order chi connectivity index (χ1) is 30.5. The summed E-state index contributed by atoms with van der Waals surface area (Å²) in [6.07, 6.45) is 0. The minimum absolute atomic E-state index is 0.355. The van der Waals surface area contributed by atoms with Gasteiger partial charge in [0, 0.05) is 43.9 Å². The normalized spacial score (nSPS) is 13.1. The SMILES string of the molecule is O=S1(=O)c2ccccc2-c2cc(-c3ccc(-c4nc5c(-n6c7ccccc7c7ccccc76)ccc(-n6c7ccccc7c7ccccc76)c5n4-c4ccccc4)cc3)ccc21. The number of imidazole rings is 1. The summed E-state index contributed by atoms with van der Waals surface area (Å²) >= 11 is 0. The Labute approximate surface area is 356 Å². The predicted octanol–water partition coefficient (Wildman–Crippen LogP) is 13.4. The molecule has 0 bridgehead atoms. The molecule has 12 aromatic rings. The zero-order valence-electron chi connectivity index (χ0n) is 33.1. The zero-order chi connectivity index (χ0) is 41.1. The lowest BCUT2D eigenvalue weighted by Crippen LogP contribution is -2.03. The van der Waals surface area contributed by atoms with Crippen LogP contribution in [0.2, 0.25) is 0 Å². The maximum Gasteiger partial charge on any atom is 0.207 e. The highest BCUT2D eigenvalue weighted by molar-refractivity contribution is 7.92. The summed E-state index contributed by atoms with van der Waals surface area (Å²) in [5.41, 5.74) is 13.7. The van der Waals surface area contributed by atoms with E-state index < -0.39 is 9.84 Å². The number of para-hydroxylation sites is 5. The highest BCUT2D eigenvalue weighted by Crippen LogP contribution is 2.46. The van der Waals surface area contributed by atoms with Crippen LogP contribution < -0.4 is 0 Å². The Morgan fingerprint density at radius 3 is 1.45 bits per heavy atom. The van der Waals surface area contributed by atoms with Crippen molar-refractivity contribution < 1.29 is 8.42 Å². The van der Waals surface area contributed by atoms with E-state index in [9.17, 15) is 8.42 Å². The van der Waals surface area contributed by atoms with Gasteiger partial charge in [-0.05, 0) is 77.9 Å². The molecule has 7 heteroatoms. The fraction of sp³-hybridized carbons (Fsp3) is 0. The Bertz CT molecular complexity index is 3830. The van der Waals surface area contributed by atoms with Gasteiger partial charge in [-0.3, -0.25) is 4.57 Å². The fourth-order valence-electron chi connectivity index (χ4n) is 9.91. The molecule has 0 radical (unpaired) electrons. The van der Waals surface area contributed by atoms with Gasteiger partial charge < -0.3 is 9.13 Å². The number of hydrogen-bond donors (Lipinski definition) is 0. The first-order valence-corrected chi connectivity index (χ1v) is 22.2. The fourth-order valence-corrected chi connectivity index (χ4v) is 11.6. The first kappa shape index (κ1) is 34.8. The van der Waals surface area contributed by atoms with E-state index in [1.807, 2.05) is 24.3 Å². The molecule has 62 heavy (non-hydrogen) atoms. The van der Waals surface area contributed by atoms with E-state index in [4.69, 9.17) is 4.98 Å². The molecule has 13 rings (SSSR count). The quantitative estimate of drug-likeness (QED) is 0.174. The molecule has 1 aliphatic rings. The summed E-state index contributed by atoms with van der Waals surface area (Å²) in [5, 5.41) is 4.76. The van der Waals surface area contributed by atoms with Crippen LogP contribution in [0.1, 0.15) is 0 Å². The molecule has 0 N–H and O–H groups in total. The molecule has 4 heterocycles. The zero-order valence-corrected chi connectivity index (χ0v) is 34.0. The van der Waals surface area contributed by atoms with Gasteiger partial charge in [0.2, 0.25) is 9.84 Å². The number of fused-ring (bicyclic) bond motifs is 10. The lowest BCUT2D eigenvalue weighted by atomic mass is 9.98. The largest absolute Gasteiger partial charge is 0.307 e. The Kier molecular flexibility index (Phi) is 7.30. The van der Waals surface area contributed by atoms with Crippen molar-refractivity contribution in [3.05, 3.63) is 206 Å². The van der Waals surface area contributed by atoms with Gasteiger partial charge in [0.15, 0.2) is 0 Å². The second-order valence-electron chi connectivity index (χ2n) is 15.9. The monoisotopic (exact) mass is 814 g/mol. The summed E-state index contributed by atoms with van der Waals surface area (Å²) < 4.78 is 33.9. The molecular formula is C55H34N4O2S. The summed E-state index contributed by atoms with van der Waals surface area (Å²) in [7, 11) is -3.55. The molecule has 0 spiro atoms. The first-order valence-electron chi connectivity index (χ1n) is 20.7. The molecule has 0 atom stereocenters. The van der Waals surface area contributed by atoms with Crippen molar-refractivity contribution in [2.45, 2.75) is 9.79 Å². The second kappa shape index (κ2) is 13.0. The van der Waals surface area contributed by atoms with E-state index in [2.05, 4.69) is 177 Å². The van der Waals surface area contributed by atoms with Crippen molar-refractivity contribution in [3.63, 3.8) is 0 Å². The van der Waals surface area contributed by atoms with Crippen LogP contribution in [0.3, 0.4) is 0 Å². The Morgan fingerprint density at radius 1 is 0.371 bits per heavy atom. The van der Waals surface area contributed by atoms with Gasteiger partial charge in [0.05, 0.1) is 48.7 Å². The predicted molar refractivity (Wildman–Crippen MR) is 252 cm³/mol. The van der Waals surface area contributed by atoms with Gasteiger partial charge in [-0.25, -0.2) is 13.4 Å². The second-order valence-corrected chi connectivity index (χ2v) is 17.8. The van der Waals surface area contributed by atoms with Gasteiger partial charge in [-0.15, -0.1) is 0 Å². The minimum Gasteiger partial charge on any atom is -0.307 e. The highest BCUT2D eigenvalue weighted by Gasteiger charge is 2.33. The summed E-state index contributed by atoms with van der Waals surface area (Å²) in [6.45, 7) is 0. The van der Waals surface area contributed by atoms with Crippen molar-refractivity contribution in [1.82, 2.24) is 18.7 Å². The molecule has 0 amide bonds. The Balaban J connectivity index is 1.10. The number of benzene rings is 9. The average Bonchev–Trinajstić information content (AvgIpc) is 4.05. The molecule has 6 nitrogen and oxygen atoms in total. The van der Waals surface area contributed by atoms with Crippen LogP contribution in [-0.2, 0) is 9.84 Å². The summed E-state index contributed by atoms with van der Waals surface area (Å²) in [5.74, 6) is 0.807. The minimum atomic E-state index is -3.55. The van der Waals surface area contributed by atoms with Crippen LogP contribution in [0, 0.1) is 0 Å². The summed E-state index contributed by atoms with van der Waals surface area (Å²) in [6, 6.07) is 70.9. The van der Waals surface area contributed by atoms with Crippen molar-refractivity contribution in [3.8, 4) is 50.7 Å². The number of nitrogens with zero attached hydrogens (tertiary/aromatic N) is 4. The van der Waals surface area contributed by atoms with Crippen molar-refractivity contribution in [1.29, 1.82) is 0 Å². The van der Waals surface area contributed by atoms with Crippen molar-refractivity contribution in [2.75, 3.05) is 0 Å². The Morgan fingerprint density at radius 2 is 0.839 bits per heavy atom. The van der Waals surface area contributed by atoms with Crippen LogP contribution in [0.4, 0.5) is 0 Å². The Hall–Kier alpha value is -8.00. The number of rotatable bonds is 5. The standard InChI is InChI=1S/C55H34N4O2S/c60-62(61)51-25-13-8-20-43(51)44-34-37(30-33-52(44)62)35-26-28-36(29-27-35)55-56-53-49(58-45-21-9-4-16-39(45)40-17-5-10-22-46(40)58)31-32-50(54(53)57(55)38-14-2-1-3-15-38)59-47-23-11-6-18-41(47)42-19-7-12-24-48(42)59/h1-34H. The molecule has 292 valence electrons. The summed E-state index contributed by atoms with van der Waals surface area (Å²) in [4.78, 5) is 6.43. The van der Waals surface area contributed by atoms with Gasteiger partial charge in [0.1, 0.15) is 11.3 Å². The van der Waals surface area contributed by atoms with Gasteiger partial charge in [-0.2, -0.15) is 0 Å². The van der Waals surface area contributed by atoms with Crippen LogP contribution >= 0.6 is 0 Å². The van der Waals surface area contributed by atoms with Crippen LogP contribution in [0.5, 0.6) is 0 Å². The van der Waals surface area contributed by atoms with Crippen LogP contribution in [0.15, 0.2) is 216 Å². The molecular weight excluding hydrogens is 781 g/mol. The van der Waals surface area contributed by atoms with Crippen molar-refractivity contribution in [2.24, 2.45) is 0 Å². The number of sulfone groups is 1. The molecule has 0 saturated carbocycles. The lowest BCUT2D eigenvalue weighted by molar-refractivity contribution is 0.598. The maximum atomic E-state index is 13.4. The highest BCUT2D eigenvalue weighted by atomic mass is 32.2. The van der Waals surface area contributed by atoms with E-state index >= 15 is 0 Å². The van der Waals surface area contributed by atoms with Gasteiger partial charge in [-0.1, -0.05) is 140 Å². The molecule has 1 aliphatic heterocycles. The van der Waals surface area contributed by atoms with E-state index in [1.165, 1.54) is 21.5 Å².